The van der Waals surface area contributed by atoms with Crippen LogP contribution in [0.3, 0.4) is 0 Å². The maximum Gasteiger partial charge on any atom is 0.226 e. The molecule has 1 saturated carbocycles. The molecule has 3 rings (SSSR count). The van der Waals surface area contributed by atoms with Gasteiger partial charge < -0.3 is 9.73 Å². The molecule has 1 N–H and O–H groups in total. The number of benzene rings is 1. The molecule has 1 aromatic carbocycles. The predicted molar refractivity (Wildman–Crippen MR) is 99.2 cm³/mol. The Hall–Kier alpha value is -2.10. The summed E-state index contributed by atoms with van der Waals surface area (Å²) in [6.45, 7) is 4.10. The van der Waals surface area contributed by atoms with Gasteiger partial charge in [-0.2, -0.15) is 0 Å². The first kappa shape index (κ1) is 17.7. The molecule has 4 nitrogen and oxygen atoms in total. The van der Waals surface area contributed by atoms with Gasteiger partial charge in [-0.3, -0.25) is 4.79 Å². The number of hydrogen-bond acceptors (Lipinski definition) is 3. The summed E-state index contributed by atoms with van der Waals surface area (Å²) in [4.78, 5) is 17.0. The lowest BCUT2D eigenvalue weighted by molar-refractivity contribution is -0.121. The molecule has 1 aliphatic carbocycles. The average Bonchev–Trinajstić information content (AvgIpc) is 3.20. The van der Waals surface area contributed by atoms with Crippen LogP contribution in [-0.4, -0.2) is 16.9 Å². The second-order valence-corrected chi connectivity index (χ2v) is 7.07. The highest BCUT2D eigenvalue weighted by Gasteiger charge is 2.28. The third-order valence-electron chi connectivity index (χ3n) is 5.18. The Balaban J connectivity index is 1.60. The van der Waals surface area contributed by atoms with Gasteiger partial charge in [0, 0.05) is 11.6 Å². The number of carbonyl (C=O) groups excluding carboxylic acids is 1. The van der Waals surface area contributed by atoms with Crippen molar-refractivity contribution in [3.63, 3.8) is 0 Å². The molecule has 0 saturated heterocycles. The topological polar surface area (TPSA) is 55.1 Å². The van der Waals surface area contributed by atoms with Gasteiger partial charge in [0.1, 0.15) is 5.76 Å². The zero-order valence-corrected chi connectivity index (χ0v) is 15.3. The van der Waals surface area contributed by atoms with Crippen molar-refractivity contribution in [1.82, 2.24) is 10.3 Å². The summed E-state index contributed by atoms with van der Waals surface area (Å²) in [7, 11) is 0. The van der Waals surface area contributed by atoms with Crippen molar-refractivity contribution in [1.29, 1.82) is 0 Å². The number of nitrogens with zero attached hydrogens (tertiary/aromatic N) is 1. The molecular formula is C21H28N2O2. The fourth-order valence-electron chi connectivity index (χ4n) is 3.74. The normalized spacial score (nSPS) is 19.9. The van der Waals surface area contributed by atoms with E-state index in [1.54, 1.807) is 0 Å². The summed E-state index contributed by atoms with van der Waals surface area (Å²) in [6.07, 6.45) is 7.55. The highest BCUT2D eigenvalue weighted by Crippen LogP contribution is 2.30. The molecule has 4 heteroatoms. The zero-order valence-electron chi connectivity index (χ0n) is 15.3. The third-order valence-corrected chi connectivity index (χ3v) is 5.18. The molecule has 1 aliphatic rings. The lowest BCUT2D eigenvalue weighted by Gasteiger charge is -2.20. The average molecular weight is 340 g/mol. The first-order valence-electron chi connectivity index (χ1n) is 9.48. The summed E-state index contributed by atoms with van der Waals surface area (Å²) >= 11 is 0. The molecule has 2 unspecified atom stereocenters. The molecule has 25 heavy (non-hydrogen) atoms. The van der Waals surface area contributed by atoms with E-state index in [4.69, 9.17) is 4.42 Å². The van der Waals surface area contributed by atoms with E-state index in [1.165, 1.54) is 32.1 Å². The Labute approximate surface area is 150 Å². The largest absolute Gasteiger partial charge is 0.441 e. The van der Waals surface area contributed by atoms with Gasteiger partial charge in [-0.15, -0.1) is 0 Å². The van der Waals surface area contributed by atoms with Crippen molar-refractivity contribution in [3.8, 4) is 11.5 Å². The van der Waals surface area contributed by atoms with Crippen LogP contribution in [0.4, 0.5) is 0 Å². The Morgan fingerprint density at radius 2 is 2.08 bits per heavy atom. The van der Waals surface area contributed by atoms with Gasteiger partial charge in [0.25, 0.3) is 0 Å². The van der Waals surface area contributed by atoms with Gasteiger partial charge >= 0.3 is 0 Å². The molecule has 0 radical (unpaired) electrons. The van der Waals surface area contributed by atoms with Crippen LogP contribution in [0.25, 0.3) is 11.5 Å². The van der Waals surface area contributed by atoms with Crippen LogP contribution in [0, 0.1) is 12.8 Å². The highest BCUT2D eigenvalue weighted by molar-refractivity contribution is 5.78. The van der Waals surface area contributed by atoms with E-state index in [0.29, 0.717) is 24.3 Å². The lowest BCUT2D eigenvalue weighted by atomic mass is 9.96. The Bertz CT molecular complexity index is 693. The number of oxazole rings is 1. The van der Waals surface area contributed by atoms with Crippen molar-refractivity contribution < 1.29 is 9.21 Å². The number of aryl methyl sites for hydroxylation is 1. The summed E-state index contributed by atoms with van der Waals surface area (Å²) in [5, 5.41) is 3.24. The van der Waals surface area contributed by atoms with Gasteiger partial charge in [0.05, 0.1) is 12.1 Å². The maximum absolute atomic E-state index is 12.5. The lowest BCUT2D eigenvalue weighted by Crippen LogP contribution is -2.38. The molecular weight excluding hydrogens is 312 g/mol. The fraction of sp³-hybridized carbons (Fsp3) is 0.524. The van der Waals surface area contributed by atoms with Crippen molar-refractivity contribution in [3.05, 3.63) is 41.8 Å². The Morgan fingerprint density at radius 3 is 2.84 bits per heavy atom. The van der Waals surface area contributed by atoms with E-state index in [0.717, 1.165) is 23.4 Å². The van der Waals surface area contributed by atoms with Gasteiger partial charge in [-0.05, 0) is 44.2 Å². The third kappa shape index (κ3) is 4.50. The summed E-state index contributed by atoms with van der Waals surface area (Å²) < 4.78 is 5.75. The van der Waals surface area contributed by atoms with Crippen LogP contribution in [0.15, 0.2) is 34.7 Å². The van der Waals surface area contributed by atoms with Crippen molar-refractivity contribution >= 4 is 5.91 Å². The monoisotopic (exact) mass is 340 g/mol. The van der Waals surface area contributed by atoms with Gasteiger partial charge in [0.2, 0.25) is 11.8 Å². The first-order valence-corrected chi connectivity index (χ1v) is 9.48. The van der Waals surface area contributed by atoms with Crippen LogP contribution in [0.5, 0.6) is 0 Å². The minimum Gasteiger partial charge on any atom is -0.441 e. The van der Waals surface area contributed by atoms with E-state index in [9.17, 15) is 4.79 Å². The van der Waals surface area contributed by atoms with Crippen LogP contribution in [-0.2, 0) is 11.2 Å². The minimum atomic E-state index is 0.0596. The molecule has 0 spiro atoms. The molecule has 1 aromatic heterocycles. The second-order valence-electron chi connectivity index (χ2n) is 7.07. The standard InChI is InChI=1S/C21H28N2O2/c1-3-4-9-16-12-8-13-18(16)22-20(24)14-19-15(2)25-21(23-19)17-10-6-5-7-11-17/h5-7,10-11,16,18H,3-4,8-9,12-14H2,1-2H3,(H,22,24). The SMILES string of the molecule is CCCCC1CCCC1NC(=O)Cc1nc(-c2ccccc2)oc1C. The molecule has 2 atom stereocenters. The fourth-order valence-corrected chi connectivity index (χ4v) is 3.74. The van der Waals surface area contributed by atoms with E-state index in [-0.39, 0.29) is 5.91 Å². The number of amides is 1. The van der Waals surface area contributed by atoms with Crippen LogP contribution < -0.4 is 5.32 Å². The number of hydrogen-bond donors (Lipinski definition) is 1. The Morgan fingerprint density at radius 1 is 1.28 bits per heavy atom. The van der Waals surface area contributed by atoms with Gasteiger partial charge in [0.15, 0.2) is 0 Å². The summed E-state index contributed by atoms with van der Waals surface area (Å²) in [5.41, 5.74) is 1.67. The number of carbonyl (C=O) groups is 1. The zero-order chi connectivity index (χ0) is 17.6. The highest BCUT2D eigenvalue weighted by atomic mass is 16.4. The van der Waals surface area contributed by atoms with Crippen molar-refractivity contribution in [2.45, 2.75) is 64.8 Å². The van der Waals surface area contributed by atoms with Gasteiger partial charge in [-0.25, -0.2) is 4.98 Å². The molecule has 1 heterocycles. The summed E-state index contributed by atoms with van der Waals surface area (Å²) in [6, 6.07) is 10.1. The molecule has 1 amide bonds. The summed E-state index contributed by atoms with van der Waals surface area (Å²) in [5.74, 6) is 2.01. The van der Waals surface area contributed by atoms with Crippen LogP contribution >= 0.6 is 0 Å². The number of unbranched alkanes of at least 4 members (excludes halogenated alkanes) is 1. The predicted octanol–water partition coefficient (Wildman–Crippen LogP) is 4.67. The maximum atomic E-state index is 12.5. The molecule has 134 valence electrons. The van der Waals surface area contributed by atoms with E-state index < -0.39 is 0 Å². The Kier molecular flexibility index (Phi) is 5.90. The molecule has 0 bridgehead atoms. The second kappa shape index (κ2) is 8.32. The van der Waals surface area contributed by atoms with Crippen molar-refractivity contribution in [2.75, 3.05) is 0 Å². The van der Waals surface area contributed by atoms with Crippen LogP contribution in [0.2, 0.25) is 0 Å². The first-order chi connectivity index (χ1) is 12.2. The quantitative estimate of drug-likeness (QED) is 0.797. The van der Waals surface area contributed by atoms with Gasteiger partial charge in [-0.1, -0.05) is 44.4 Å². The minimum absolute atomic E-state index is 0.0596. The van der Waals surface area contributed by atoms with Crippen LogP contribution in [0.1, 0.15) is 56.9 Å². The smallest absolute Gasteiger partial charge is 0.226 e. The molecule has 0 aliphatic heterocycles. The number of aromatic nitrogens is 1. The van der Waals surface area contributed by atoms with E-state index >= 15 is 0 Å². The molecule has 2 aromatic rings. The number of rotatable bonds is 7. The molecule has 1 fully saturated rings. The number of nitrogens with one attached hydrogen (secondary N) is 1. The van der Waals surface area contributed by atoms with E-state index in [2.05, 4.69) is 17.2 Å². The van der Waals surface area contributed by atoms with Crippen molar-refractivity contribution in [2.24, 2.45) is 5.92 Å². The van der Waals surface area contributed by atoms with E-state index in [1.807, 2.05) is 37.3 Å².